The van der Waals surface area contributed by atoms with Crippen LogP contribution in [0.2, 0.25) is 28.2 Å². The van der Waals surface area contributed by atoms with Crippen LogP contribution in [-0.2, 0) is 4.43 Å². The fourth-order valence-corrected chi connectivity index (χ4v) is 5.47. The Balaban J connectivity index is 1.69. The molecule has 0 aliphatic heterocycles. The first-order chi connectivity index (χ1) is 17.2. The first-order valence-corrected chi connectivity index (χ1v) is 16.5. The third-order valence-electron chi connectivity index (χ3n) is 6.14. The van der Waals surface area contributed by atoms with E-state index in [9.17, 15) is 4.39 Å². The van der Waals surface area contributed by atoms with E-state index < -0.39 is 20.2 Å². The second-order valence-electron chi connectivity index (χ2n) is 10.6. The summed E-state index contributed by atoms with van der Waals surface area (Å²) < 4.78 is 32.4. The van der Waals surface area contributed by atoms with Gasteiger partial charge in [0.25, 0.3) is 0 Å². The molecule has 0 radical (unpaired) electrons. The van der Waals surface area contributed by atoms with E-state index in [4.69, 9.17) is 42.8 Å². The molecule has 3 aromatic rings. The molecule has 0 bridgehead atoms. The molecule has 11 heteroatoms. The summed E-state index contributed by atoms with van der Waals surface area (Å²) in [6, 6.07) is 7.74. The SMILES string of the molecule is CC(C)Oc1ccc(-c2nnc(-c3cc(F)c(OC[C@H](N)CO[Si](C)(C)C(C)(C)C)cc3Cl)s2)cc1Cl. The number of benzene rings is 2. The first-order valence-electron chi connectivity index (χ1n) is 12.0. The normalized spacial score (nSPS) is 13.2. The molecule has 202 valence electrons. The van der Waals surface area contributed by atoms with Crippen LogP contribution in [0.3, 0.4) is 0 Å². The van der Waals surface area contributed by atoms with Crippen LogP contribution in [0.15, 0.2) is 30.3 Å². The molecule has 2 aromatic carbocycles. The van der Waals surface area contributed by atoms with Crippen LogP contribution in [-0.4, -0.2) is 43.9 Å². The Kier molecular flexibility index (Phi) is 9.64. The molecular formula is C26H34Cl2FN3O3SSi. The van der Waals surface area contributed by atoms with Gasteiger partial charge in [0.15, 0.2) is 19.9 Å². The number of rotatable bonds is 10. The second-order valence-corrected chi connectivity index (χ2v) is 17.2. The number of ether oxygens (including phenoxy) is 2. The van der Waals surface area contributed by atoms with Gasteiger partial charge in [-0.05, 0) is 56.2 Å². The van der Waals surface area contributed by atoms with Crippen LogP contribution in [0.4, 0.5) is 4.39 Å². The van der Waals surface area contributed by atoms with Crippen LogP contribution in [0.5, 0.6) is 11.5 Å². The van der Waals surface area contributed by atoms with Gasteiger partial charge in [0.05, 0.1) is 28.8 Å². The maximum Gasteiger partial charge on any atom is 0.192 e. The molecule has 0 saturated carbocycles. The van der Waals surface area contributed by atoms with Crippen molar-refractivity contribution in [2.45, 2.75) is 64.9 Å². The van der Waals surface area contributed by atoms with Gasteiger partial charge in [-0.3, -0.25) is 0 Å². The van der Waals surface area contributed by atoms with E-state index in [1.54, 1.807) is 12.1 Å². The summed E-state index contributed by atoms with van der Waals surface area (Å²) in [5.74, 6) is 0.0535. The molecule has 0 spiro atoms. The summed E-state index contributed by atoms with van der Waals surface area (Å²) in [5, 5.41) is 10.4. The molecule has 0 unspecified atom stereocenters. The second kappa shape index (κ2) is 12.0. The van der Waals surface area contributed by atoms with E-state index in [2.05, 4.69) is 44.1 Å². The molecular weight excluding hydrogens is 552 g/mol. The molecule has 0 aliphatic rings. The van der Waals surface area contributed by atoms with Crippen LogP contribution in [0.25, 0.3) is 21.1 Å². The summed E-state index contributed by atoms with van der Waals surface area (Å²) in [6.07, 6.45) is 0.00632. The number of halogens is 3. The fourth-order valence-electron chi connectivity index (χ4n) is 3.01. The quantitative estimate of drug-likeness (QED) is 0.244. The lowest BCUT2D eigenvalue weighted by molar-refractivity contribution is 0.204. The maximum atomic E-state index is 14.9. The van der Waals surface area contributed by atoms with E-state index in [-0.39, 0.29) is 23.5 Å². The monoisotopic (exact) mass is 585 g/mol. The molecule has 1 atom stereocenters. The van der Waals surface area contributed by atoms with Crippen molar-refractivity contribution >= 4 is 42.9 Å². The van der Waals surface area contributed by atoms with E-state index in [0.717, 1.165) is 5.56 Å². The average molecular weight is 587 g/mol. The van der Waals surface area contributed by atoms with E-state index in [1.165, 1.54) is 23.5 Å². The number of nitrogens with zero attached hydrogens (tertiary/aromatic N) is 2. The topological polar surface area (TPSA) is 79.5 Å². The third kappa shape index (κ3) is 7.65. The van der Waals surface area contributed by atoms with Crippen molar-refractivity contribution in [1.29, 1.82) is 0 Å². The van der Waals surface area contributed by atoms with Crippen molar-refractivity contribution in [1.82, 2.24) is 10.2 Å². The van der Waals surface area contributed by atoms with Gasteiger partial charge >= 0.3 is 0 Å². The highest BCUT2D eigenvalue weighted by Crippen LogP contribution is 2.39. The smallest absolute Gasteiger partial charge is 0.192 e. The van der Waals surface area contributed by atoms with Crippen molar-refractivity contribution in [3.05, 3.63) is 46.2 Å². The summed E-state index contributed by atoms with van der Waals surface area (Å²) in [4.78, 5) is 0. The predicted octanol–water partition coefficient (Wildman–Crippen LogP) is 7.83. The van der Waals surface area contributed by atoms with Crippen molar-refractivity contribution < 1.29 is 18.3 Å². The van der Waals surface area contributed by atoms with Crippen LogP contribution in [0, 0.1) is 5.82 Å². The van der Waals surface area contributed by atoms with Crippen molar-refractivity contribution in [2.24, 2.45) is 5.73 Å². The Labute approximate surface area is 233 Å². The van der Waals surface area contributed by atoms with Gasteiger partial charge in [0.1, 0.15) is 22.4 Å². The zero-order chi connectivity index (χ0) is 27.5. The number of hydrogen-bond donors (Lipinski definition) is 1. The summed E-state index contributed by atoms with van der Waals surface area (Å²) in [7, 11) is -1.93. The molecule has 0 fully saturated rings. The molecule has 0 amide bonds. The zero-order valence-corrected chi connectivity index (χ0v) is 25.5. The first kappa shape index (κ1) is 29.8. The largest absolute Gasteiger partial charge is 0.489 e. The fraction of sp³-hybridized carbons (Fsp3) is 0.462. The minimum atomic E-state index is -1.93. The average Bonchev–Trinajstić information content (AvgIpc) is 3.28. The highest BCUT2D eigenvalue weighted by molar-refractivity contribution is 7.18. The Hall–Kier alpha value is -1.75. The van der Waals surface area contributed by atoms with E-state index in [1.807, 2.05) is 19.9 Å². The lowest BCUT2D eigenvalue weighted by atomic mass is 10.2. The lowest BCUT2D eigenvalue weighted by Gasteiger charge is -2.36. The molecule has 37 heavy (non-hydrogen) atoms. The molecule has 0 saturated heterocycles. The van der Waals surface area contributed by atoms with Gasteiger partial charge in [-0.15, -0.1) is 10.2 Å². The minimum Gasteiger partial charge on any atom is -0.489 e. The summed E-state index contributed by atoms with van der Waals surface area (Å²) in [5.41, 5.74) is 7.36. The van der Waals surface area contributed by atoms with Gasteiger partial charge in [0, 0.05) is 17.2 Å². The summed E-state index contributed by atoms with van der Waals surface area (Å²) in [6.45, 7) is 15.1. The van der Waals surface area contributed by atoms with Gasteiger partial charge in [-0.2, -0.15) is 0 Å². The standard InChI is InChI=1S/C26H34Cl2FN3O3SSi/c1-15(2)35-22-9-8-16(10-20(22)28)24-31-32-25(36-24)18-11-21(29)23(12-19(18)27)33-13-17(30)14-34-37(6,7)26(3,4)5/h8-12,15,17H,13-14,30H2,1-7H3/t17-/m0/s1. The zero-order valence-electron chi connectivity index (χ0n) is 22.2. The third-order valence-corrected chi connectivity index (χ3v) is 12.3. The number of nitrogens with two attached hydrogens (primary N) is 1. The molecule has 2 N–H and O–H groups in total. The van der Waals surface area contributed by atoms with Crippen LogP contribution < -0.4 is 15.2 Å². The maximum absolute atomic E-state index is 14.9. The molecule has 1 heterocycles. The number of hydrogen-bond acceptors (Lipinski definition) is 7. The van der Waals surface area contributed by atoms with Gasteiger partial charge < -0.3 is 19.6 Å². The lowest BCUT2D eigenvalue weighted by Crippen LogP contribution is -2.45. The molecule has 1 aromatic heterocycles. The van der Waals surface area contributed by atoms with E-state index in [0.29, 0.717) is 38.0 Å². The van der Waals surface area contributed by atoms with Crippen molar-refractivity contribution in [3.8, 4) is 32.6 Å². The van der Waals surface area contributed by atoms with Gasteiger partial charge in [-0.1, -0.05) is 55.3 Å². The Morgan fingerprint density at radius 1 is 1.00 bits per heavy atom. The molecule has 0 aliphatic carbocycles. The van der Waals surface area contributed by atoms with Crippen molar-refractivity contribution in [3.63, 3.8) is 0 Å². The summed E-state index contributed by atoms with van der Waals surface area (Å²) >= 11 is 14.1. The van der Waals surface area contributed by atoms with E-state index >= 15 is 0 Å². The van der Waals surface area contributed by atoms with Gasteiger partial charge in [-0.25, -0.2) is 4.39 Å². The Morgan fingerprint density at radius 2 is 1.68 bits per heavy atom. The molecule has 6 nitrogen and oxygen atoms in total. The van der Waals surface area contributed by atoms with Gasteiger partial charge in [0.2, 0.25) is 0 Å². The Bertz CT molecular complexity index is 1230. The molecule has 3 rings (SSSR count). The van der Waals surface area contributed by atoms with Crippen molar-refractivity contribution in [2.75, 3.05) is 13.2 Å². The van der Waals surface area contributed by atoms with Crippen LogP contribution >= 0.6 is 34.5 Å². The number of aromatic nitrogens is 2. The predicted molar refractivity (Wildman–Crippen MR) is 153 cm³/mol. The highest BCUT2D eigenvalue weighted by atomic mass is 35.5. The minimum absolute atomic E-state index is 0.00632. The highest BCUT2D eigenvalue weighted by Gasteiger charge is 2.37. The van der Waals surface area contributed by atoms with Crippen LogP contribution in [0.1, 0.15) is 34.6 Å². The Morgan fingerprint density at radius 3 is 2.30 bits per heavy atom.